The van der Waals surface area contributed by atoms with E-state index in [1.165, 1.54) is 19.9 Å². The summed E-state index contributed by atoms with van der Waals surface area (Å²) in [6.45, 7) is 5.04. The van der Waals surface area contributed by atoms with E-state index >= 15 is 0 Å². The molecule has 0 radical (unpaired) electrons. The summed E-state index contributed by atoms with van der Waals surface area (Å²) in [7, 11) is 0. The van der Waals surface area contributed by atoms with Gasteiger partial charge in [0.25, 0.3) is 5.91 Å². The smallest absolute Gasteiger partial charge is 0.375 e. The normalized spacial score (nSPS) is 11.6. The quantitative estimate of drug-likeness (QED) is 0.447. The lowest BCUT2D eigenvalue weighted by molar-refractivity contribution is -0.123. The lowest BCUT2D eigenvalue weighted by Crippen LogP contribution is -2.29. The minimum Gasteiger partial charge on any atom is -0.449 e. The molecule has 0 aliphatic rings. The number of benzene rings is 2. The molecule has 0 fully saturated rings. The minimum absolute atomic E-state index is 0.00686. The average molecular weight is 405 g/mol. The molecule has 1 aromatic heterocycles. The summed E-state index contributed by atoms with van der Waals surface area (Å²) in [5, 5.41) is 2.72. The third kappa shape index (κ3) is 5.03. The number of ketones is 1. The van der Waals surface area contributed by atoms with Crippen LogP contribution >= 0.6 is 0 Å². The monoisotopic (exact) mass is 405 g/mol. The van der Waals surface area contributed by atoms with Gasteiger partial charge in [-0.2, -0.15) is 0 Å². The average Bonchev–Trinajstić information content (AvgIpc) is 3.24. The first-order valence-electron chi connectivity index (χ1n) is 9.69. The van der Waals surface area contributed by atoms with Gasteiger partial charge in [0.15, 0.2) is 11.9 Å². The van der Waals surface area contributed by atoms with Crippen LogP contribution in [0.3, 0.4) is 0 Å². The molecule has 6 heteroatoms. The topological polar surface area (TPSA) is 85.6 Å². The molecule has 0 bridgehead atoms. The van der Waals surface area contributed by atoms with E-state index in [-0.39, 0.29) is 11.5 Å². The zero-order valence-corrected chi connectivity index (χ0v) is 17.1. The largest absolute Gasteiger partial charge is 0.449 e. The van der Waals surface area contributed by atoms with Crippen molar-refractivity contribution in [2.45, 2.75) is 33.3 Å². The lowest BCUT2D eigenvalue weighted by Gasteiger charge is -2.13. The van der Waals surface area contributed by atoms with Gasteiger partial charge in [-0.05, 0) is 50.1 Å². The van der Waals surface area contributed by atoms with Crippen LogP contribution in [0.15, 0.2) is 65.1 Å². The van der Waals surface area contributed by atoms with Crippen molar-refractivity contribution in [3.8, 4) is 11.3 Å². The van der Waals surface area contributed by atoms with Gasteiger partial charge in [-0.1, -0.05) is 43.3 Å². The number of rotatable bonds is 7. The number of hydrogen-bond donors (Lipinski definition) is 1. The number of amides is 1. The van der Waals surface area contributed by atoms with Crippen LogP contribution < -0.4 is 5.32 Å². The van der Waals surface area contributed by atoms with E-state index in [0.29, 0.717) is 17.0 Å². The number of carbonyl (C=O) groups is 3. The van der Waals surface area contributed by atoms with E-state index in [1.807, 2.05) is 24.3 Å². The Morgan fingerprint density at radius 1 is 0.967 bits per heavy atom. The summed E-state index contributed by atoms with van der Waals surface area (Å²) < 4.78 is 10.8. The lowest BCUT2D eigenvalue weighted by atomic mass is 10.1. The summed E-state index contributed by atoms with van der Waals surface area (Å²) in [5.41, 5.74) is 3.11. The third-order valence-electron chi connectivity index (χ3n) is 4.67. The summed E-state index contributed by atoms with van der Waals surface area (Å²) in [6, 6.07) is 17.5. The van der Waals surface area contributed by atoms with E-state index in [0.717, 1.165) is 17.5 Å². The molecular formula is C24H23NO5. The molecule has 30 heavy (non-hydrogen) atoms. The number of ether oxygens (including phenoxy) is 1. The van der Waals surface area contributed by atoms with Gasteiger partial charge in [-0.3, -0.25) is 9.59 Å². The molecule has 6 nitrogen and oxygen atoms in total. The Labute approximate surface area is 174 Å². The first-order chi connectivity index (χ1) is 14.4. The van der Waals surface area contributed by atoms with Gasteiger partial charge >= 0.3 is 5.97 Å². The predicted molar refractivity (Wildman–Crippen MR) is 113 cm³/mol. The highest BCUT2D eigenvalue weighted by atomic mass is 16.6. The SMILES string of the molecule is CCc1ccc(NC(=O)[C@H](C)OC(=O)c2ccc(-c3ccc(C(C)=O)cc3)o2)cc1. The fourth-order valence-electron chi connectivity index (χ4n) is 2.81. The first-order valence-corrected chi connectivity index (χ1v) is 9.69. The van der Waals surface area contributed by atoms with Crippen molar-refractivity contribution in [1.29, 1.82) is 0 Å². The molecular weight excluding hydrogens is 382 g/mol. The molecule has 0 aliphatic heterocycles. The van der Waals surface area contributed by atoms with Crippen molar-refractivity contribution >= 4 is 23.3 Å². The van der Waals surface area contributed by atoms with Crippen LogP contribution in [0.4, 0.5) is 5.69 Å². The van der Waals surface area contributed by atoms with Crippen molar-refractivity contribution < 1.29 is 23.5 Å². The fourth-order valence-corrected chi connectivity index (χ4v) is 2.81. The zero-order chi connectivity index (χ0) is 21.7. The number of carbonyl (C=O) groups excluding carboxylic acids is 3. The number of hydrogen-bond acceptors (Lipinski definition) is 5. The van der Waals surface area contributed by atoms with Crippen LogP contribution in [0.2, 0.25) is 0 Å². The Morgan fingerprint density at radius 2 is 1.63 bits per heavy atom. The number of anilines is 1. The summed E-state index contributed by atoms with van der Waals surface area (Å²) in [6.07, 6.45) is -0.0828. The van der Waals surface area contributed by atoms with Gasteiger partial charge in [-0.25, -0.2) is 4.79 Å². The highest BCUT2D eigenvalue weighted by Crippen LogP contribution is 2.23. The first kappa shape index (κ1) is 21.0. The molecule has 154 valence electrons. The van der Waals surface area contributed by atoms with Crippen LogP contribution in [-0.4, -0.2) is 23.8 Å². The Hall–Kier alpha value is -3.67. The van der Waals surface area contributed by atoms with Crippen molar-refractivity contribution in [3.63, 3.8) is 0 Å². The summed E-state index contributed by atoms with van der Waals surface area (Å²) in [4.78, 5) is 36.0. The standard InChI is InChI=1S/C24H23NO5/c1-4-17-5-11-20(12-6-17)25-23(27)16(3)29-24(28)22-14-13-21(30-22)19-9-7-18(8-10-19)15(2)26/h5-14,16H,4H2,1-3H3,(H,25,27)/t16-/m0/s1. The van der Waals surface area contributed by atoms with E-state index in [2.05, 4.69) is 12.2 Å². The Morgan fingerprint density at radius 3 is 2.23 bits per heavy atom. The van der Waals surface area contributed by atoms with E-state index in [4.69, 9.17) is 9.15 Å². The maximum atomic E-state index is 12.3. The predicted octanol–water partition coefficient (Wildman–Crippen LogP) is 4.90. The maximum absolute atomic E-state index is 12.3. The summed E-state index contributed by atoms with van der Waals surface area (Å²) in [5.74, 6) is -0.735. The molecule has 0 saturated heterocycles. The number of nitrogens with one attached hydrogen (secondary N) is 1. The second kappa shape index (κ2) is 9.22. The fraction of sp³-hybridized carbons (Fsp3) is 0.208. The third-order valence-corrected chi connectivity index (χ3v) is 4.67. The van der Waals surface area contributed by atoms with Gasteiger partial charge in [0.1, 0.15) is 5.76 Å². The van der Waals surface area contributed by atoms with Gasteiger partial charge < -0.3 is 14.5 Å². The highest BCUT2D eigenvalue weighted by molar-refractivity contribution is 5.97. The molecule has 1 N–H and O–H groups in total. The van der Waals surface area contributed by atoms with Crippen LogP contribution in [0.25, 0.3) is 11.3 Å². The van der Waals surface area contributed by atoms with Crippen LogP contribution in [-0.2, 0) is 16.0 Å². The molecule has 3 aromatic rings. The molecule has 1 heterocycles. The number of Topliss-reactive ketones (excluding diaryl/α,β-unsaturated/α-hetero) is 1. The van der Waals surface area contributed by atoms with E-state index in [9.17, 15) is 14.4 Å². The molecule has 0 saturated carbocycles. The summed E-state index contributed by atoms with van der Waals surface area (Å²) >= 11 is 0. The molecule has 3 rings (SSSR count). The number of furan rings is 1. The van der Waals surface area contributed by atoms with Gasteiger partial charge in [0.2, 0.25) is 5.76 Å². The number of esters is 1. The van der Waals surface area contributed by atoms with Crippen molar-refractivity contribution in [2.24, 2.45) is 0 Å². The highest BCUT2D eigenvalue weighted by Gasteiger charge is 2.21. The van der Waals surface area contributed by atoms with E-state index < -0.39 is 18.0 Å². The Balaban J connectivity index is 1.61. The van der Waals surface area contributed by atoms with Gasteiger partial charge in [0, 0.05) is 16.8 Å². The van der Waals surface area contributed by atoms with Crippen LogP contribution in [0.5, 0.6) is 0 Å². The maximum Gasteiger partial charge on any atom is 0.375 e. The molecule has 1 amide bonds. The molecule has 2 aromatic carbocycles. The molecule has 0 aliphatic carbocycles. The minimum atomic E-state index is -0.994. The Bertz CT molecular complexity index is 1050. The van der Waals surface area contributed by atoms with E-state index in [1.54, 1.807) is 30.3 Å². The van der Waals surface area contributed by atoms with Crippen molar-refractivity contribution in [3.05, 3.63) is 77.6 Å². The molecule has 0 unspecified atom stereocenters. The van der Waals surface area contributed by atoms with Crippen molar-refractivity contribution in [1.82, 2.24) is 0 Å². The van der Waals surface area contributed by atoms with Crippen molar-refractivity contribution in [2.75, 3.05) is 5.32 Å². The molecule has 0 spiro atoms. The Kier molecular flexibility index (Phi) is 6.47. The second-order valence-corrected chi connectivity index (χ2v) is 6.88. The zero-order valence-electron chi connectivity index (χ0n) is 17.1. The van der Waals surface area contributed by atoms with Gasteiger partial charge in [-0.15, -0.1) is 0 Å². The molecule has 1 atom stereocenters. The van der Waals surface area contributed by atoms with Crippen LogP contribution in [0, 0.1) is 0 Å². The second-order valence-electron chi connectivity index (χ2n) is 6.88. The van der Waals surface area contributed by atoms with Gasteiger partial charge in [0.05, 0.1) is 0 Å². The number of aryl methyl sites for hydroxylation is 1. The van der Waals surface area contributed by atoms with Crippen LogP contribution in [0.1, 0.15) is 47.2 Å².